The van der Waals surface area contributed by atoms with Crippen LogP contribution >= 0.6 is 0 Å². The van der Waals surface area contributed by atoms with Crippen LogP contribution in [0.3, 0.4) is 0 Å². The summed E-state index contributed by atoms with van der Waals surface area (Å²) in [4.78, 5) is 0.313. The van der Waals surface area contributed by atoms with E-state index in [1.54, 1.807) is 18.2 Å². The summed E-state index contributed by atoms with van der Waals surface area (Å²) in [5.41, 5.74) is 6.82. The number of rotatable bonds is 5. The average molecular weight is 282 g/mol. The van der Waals surface area contributed by atoms with Crippen LogP contribution in [0.25, 0.3) is 0 Å². The highest BCUT2D eigenvalue weighted by atomic mass is 32.2. The fourth-order valence-electron chi connectivity index (χ4n) is 2.43. The standard InChI is InChI=1S/C14H22N2O2S/c1-3-14(15)11-5-4-6-13(9-11)19(17,18)16-12-7-10(2)8-12/h4-6,9-10,12,14,16H,3,7-8,15H2,1-2H3. The molecule has 106 valence electrons. The highest BCUT2D eigenvalue weighted by molar-refractivity contribution is 7.89. The Hall–Kier alpha value is -0.910. The van der Waals surface area contributed by atoms with Gasteiger partial charge in [0.1, 0.15) is 0 Å². The van der Waals surface area contributed by atoms with Crippen LogP contribution in [0.4, 0.5) is 0 Å². The molecule has 1 unspecified atom stereocenters. The molecule has 0 saturated heterocycles. The molecule has 1 aliphatic rings. The first-order valence-corrected chi connectivity index (χ1v) is 8.28. The van der Waals surface area contributed by atoms with Crippen LogP contribution in [-0.4, -0.2) is 14.5 Å². The summed E-state index contributed by atoms with van der Waals surface area (Å²) in [5.74, 6) is 0.618. The Balaban J connectivity index is 2.16. The number of sulfonamides is 1. The molecule has 5 heteroatoms. The molecule has 0 bridgehead atoms. The maximum Gasteiger partial charge on any atom is 0.240 e. The van der Waals surface area contributed by atoms with Crippen molar-refractivity contribution < 1.29 is 8.42 Å². The van der Waals surface area contributed by atoms with Gasteiger partial charge in [-0.1, -0.05) is 26.0 Å². The number of hydrogen-bond donors (Lipinski definition) is 2. The van der Waals surface area contributed by atoms with E-state index >= 15 is 0 Å². The van der Waals surface area contributed by atoms with Crippen LogP contribution < -0.4 is 10.5 Å². The first-order chi connectivity index (χ1) is 8.92. The summed E-state index contributed by atoms with van der Waals surface area (Å²) in [6, 6.07) is 6.90. The molecule has 1 atom stereocenters. The molecule has 1 saturated carbocycles. The summed E-state index contributed by atoms with van der Waals surface area (Å²) >= 11 is 0. The topological polar surface area (TPSA) is 72.2 Å². The molecule has 2 rings (SSSR count). The second kappa shape index (κ2) is 5.61. The van der Waals surface area contributed by atoms with Gasteiger partial charge in [0.2, 0.25) is 10.0 Å². The molecule has 3 N–H and O–H groups in total. The maximum atomic E-state index is 12.3. The number of hydrogen-bond acceptors (Lipinski definition) is 3. The van der Waals surface area contributed by atoms with Gasteiger partial charge in [-0.15, -0.1) is 0 Å². The van der Waals surface area contributed by atoms with E-state index in [1.807, 2.05) is 13.0 Å². The lowest BCUT2D eigenvalue weighted by Gasteiger charge is -2.32. The summed E-state index contributed by atoms with van der Waals surface area (Å²) in [6.07, 6.45) is 2.64. The van der Waals surface area contributed by atoms with Crippen molar-refractivity contribution in [3.63, 3.8) is 0 Å². The molecule has 1 fully saturated rings. The van der Waals surface area contributed by atoms with E-state index in [1.165, 1.54) is 0 Å². The summed E-state index contributed by atoms with van der Waals surface area (Å²) in [5, 5.41) is 0. The van der Waals surface area contributed by atoms with Gasteiger partial charge in [-0.05, 0) is 42.9 Å². The van der Waals surface area contributed by atoms with E-state index in [9.17, 15) is 8.42 Å². The third kappa shape index (κ3) is 3.35. The quantitative estimate of drug-likeness (QED) is 0.869. The van der Waals surface area contributed by atoms with Crippen molar-refractivity contribution >= 4 is 10.0 Å². The Bertz CT molecular complexity index is 536. The Kier molecular flexibility index (Phi) is 4.28. The minimum absolute atomic E-state index is 0.0866. The summed E-state index contributed by atoms with van der Waals surface area (Å²) in [7, 11) is -3.41. The first-order valence-electron chi connectivity index (χ1n) is 6.80. The molecular formula is C14H22N2O2S. The van der Waals surface area contributed by atoms with Gasteiger partial charge in [0, 0.05) is 12.1 Å². The highest BCUT2D eigenvalue weighted by Gasteiger charge is 2.29. The van der Waals surface area contributed by atoms with Gasteiger partial charge in [-0.25, -0.2) is 13.1 Å². The van der Waals surface area contributed by atoms with Gasteiger partial charge in [-0.2, -0.15) is 0 Å². The largest absolute Gasteiger partial charge is 0.324 e. The van der Waals surface area contributed by atoms with Crippen molar-refractivity contribution in [1.29, 1.82) is 0 Å². The minimum atomic E-state index is -3.41. The average Bonchev–Trinajstić information content (AvgIpc) is 2.36. The summed E-state index contributed by atoms with van der Waals surface area (Å²) < 4.78 is 27.3. The molecule has 0 amide bonds. The van der Waals surface area contributed by atoms with Crippen molar-refractivity contribution in [3.05, 3.63) is 29.8 Å². The molecule has 19 heavy (non-hydrogen) atoms. The highest BCUT2D eigenvalue weighted by Crippen LogP contribution is 2.28. The van der Waals surface area contributed by atoms with Crippen molar-refractivity contribution in [2.24, 2.45) is 11.7 Å². The SMILES string of the molecule is CCC(N)c1cccc(S(=O)(=O)NC2CC(C)C2)c1. The second-order valence-corrected chi connectivity index (χ2v) is 7.20. The van der Waals surface area contributed by atoms with Gasteiger partial charge in [0.25, 0.3) is 0 Å². The monoisotopic (exact) mass is 282 g/mol. The fraction of sp³-hybridized carbons (Fsp3) is 0.571. The minimum Gasteiger partial charge on any atom is -0.324 e. The van der Waals surface area contributed by atoms with Crippen LogP contribution in [0.1, 0.15) is 44.7 Å². The summed E-state index contributed by atoms with van der Waals surface area (Å²) in [6.45, 7) is 4.12. The molecule has 0 heterocycles. The van der Waals surface area contributed by atoms with Crippen LogP contribution in [-0.2, 0) is 10.0 Å². The number of benzene rings is 1. The van der Waals surface area contributed by atoms with Gasteiger partial charge in [0.05, 0.1) is 4.90 Å². The van der Waals surface area contributed by atoms with Crippen LogP contribution in [0.2, 0.25) is 0 Å². The smallest absolute Gasteiger partial charge is 0.240 e. The number of nitrogens with two attached hydrogens (primary N) is 1. The van der Waals surface area contributed by atoms with Crippen molar-refractivity contribution in [1.82, 2.24) is 4.72 Å². The van der Waals surface area contributed by atoms with Crippen LogP contribution in [0, 0.1) is 5.92 Å². The zero-order chi connectivity index (χ0) is 14.0. The number of nitrogens with one attached hydrogen (secondary N) is 1. The van der Waals surface area contributed by atoms with Crippen LogP contribution in [0.15, 0.2) is 29.2 Å². The Labute approximate surface area is 115 Å². The second-order valence-electron chi connectivity index (χ2n) is 5.48. The molecule has 1 aromatic rings. The lowest BCUT2D eigenvalue weighted by Crippen LogP contribution is -2.43. The predicted molar refractivity (Wildman–Crippen MR) is 76.2 cm³/mol. The zero-order valence-corrected chi connectivity index (χ0v) is 12.3. The molecule has 0 radical (unpaired) electrons. The molecule has 1 aliphatic carbocycles. The Morgan fingerprint density at radius 3 is 2.68 bits per heavy atom. The lowest BCUT2D eigenvalue weighted by molar-refractivity contribution is 0.270. The Morgan fingerprint density at radius 2 is 2.11 bits per heavy atom. The molecule has 0 aliphatic heterocycles. The maximum absolute atomic E-state index is 12.3. The predicted octanol–water partition coefficient (Wildman–Crippen LogP) is 2.17. The van der Waals surface area contributed by atoms with Gasteiger partial charge >= 0.3 is 0 Å². The molecular weight excluding hydrogens is 260 g/mol. The molecule has 0 aromatic heterocycles. The lowest BCUT2D eigenvalue weighted by atomic mass is 9.83. The molecule has 1 aromatic carbocycles. The zero-order valence-electron chi connectivity index (χ0n) is 11.5. The first kappa shape index (κ1) is 14.5. The van der Waals surface area contributed by atoms with Gasteiger partial charge < -0.3 is 5.73 Å². The van der Waals surface area contributed by atoms with Crippen molar-refractivity contribution in [3.8, 4) is 0 Å². The molecule has 0 spiro atoms. The van der Waals surface area contributed by atoms with E-state index in [2.05, 4.69) is 11.6 Å². The van der Waals surface area contributed by atoms with E-state index < -0.39 is 10.0 Å². The van der Waals surface area contributed by atoms with Gasteiger partial charge in [-0.3, -0.25) is 0 Å². The van der Waals surface area contributed by atoms with Gasteiger partial charge in [0.15, 0.2) is 0 Å². The normalized spacial score (nSPS) is 24.8. The fourth-order valence-corrected chi connectivity index (χ4v) is 3.75. The third-order valence-corrected chi connectivity index (χ3v) is 5.25. The van der Waals surface area contributed by atoms with E-state index in [-0.39, 0.29) is 12.1 Å². The van der Waals surface area contributed by atoms with Crippen molar-refractivity contribution in [2.45, 2.75) is 50.1 Å². The molecule has 4 nitrogen and oxygen atoms in total. The van der Waals surface area contributed by atoms with E-state index in [4.69, 9.17) is 5.73 Å². The Morgan fingerprint density at radius 1 is 1.42 bits per heavy atom. The van der Waals surface area contributed by atoms with Crippen molar-refractivity contribution in [2.75, 3.05) is 0 Å². The van der Waals surface area contributed by atoms with E-state index in [0.717, 1.165) is 24.8 Å². The third-order valence-electron chi connectivity index (χ3n) is 3.73. The van der Waals surface area contributed by atoms with E-state index in [0.29, 0.717) is 10.8 Å². The van der Waals surface area contributed by atoms with Crippen LogP contribution in [0.5, 0.6) is 0 Å².